The fraction of sp³-hybridized carbons (Fsp3) is 0.600. The second-order valence-electron chi connectivity index (χ2n) is 12.5. The maximum Gasteiger partial charge on any atom is 0.342 e. The summed E-state index contributed by atoms with van der Waals surface area (Å²) in [5.41, 5.74) is 0.415. The van der Waals surface area contributed by atoms with E-state index in [-0.39, 0.29) is 54.0 Å². The number of allylic oxidation sites excluding steroid dienone is 3. The molecule has 1 heterocycles. The third-order valence-corrected chi connectivity index (χ3v) is 10.0. The molecule has 0 fully saturated rings. The molecule has 1 aliphatic rings. The highest BCUT2D eigenvalue weighted by molar-refractivity contribution is 6.76. The van der Waals surface area contributed by atoms with Crippen LogP contribution in [0.3, 0.4) is 0 Å². The van der Waals surface area contributed by atoms with Crippen molar-refractivity contribution in [2.45, 2.75) is 90.1 Å². The zero-order valence-electron chi connectivity index (χ0n) is 25.3. The van der Waals surface area contributed by atoms with Gasteiger partial charge in [0.05, 0.1) is 5.02 Å². The second kappa shape index (κ2) is 16.5. The first-order chi connectivity index (χ1) is 18.8. The minimum absolute atomic E-state index is 0.0171. The number of esters is 1. The summed E-state index contributed by atoms with van der Waals surface area (Å²) in [5.74, 6) is -0.333. The van der Waals surface area contributed by atoms with E-state index in [1.807, 2.05) is 25.2 Å². The van der Waals surface area contributed by atoms with Crippen molar-refractivity contribution in [3.8, 4) is 11.5 Å². The standard InChI is InChI=1S/C30H47ClO7Si2/c1-23-13-11-9-8-10-12-14-24(32)19-25-28(30(33)38-23)26(36-21-34-15-17-39(2,3)4)20-27(29(25)31)37-22-35-16-18-40(5,6)7/h9,11-12,14,20,23H,8,10,13,15-19,21-22H2,1-7H3/t23-/m1/s1. The molecule has 0 aliphatic carbocycles. The quantitative estimate of drug-likeness (QED) is 0.0789. The summed E-state index contributed by atoms with van der Waals surface area (Å²) < 4.78 is 29.1. The van der Waals surface area contributed by atoms with Crippen LogP contribution in [0.1, 0.15) is 42.1 Å². The van der Waals surface area contributed by atoms with Crippen LogP contribution in [0.25, 0.3) is 0 Å². The van der Waals surface area contributed by atoms with Crippen LogP contribution < -0.4 is 9.47 Å². The van der Waals surface area contributed by atoms with E-state index >= 15 is 0 Å². The number of rotatable bonds is 12. The van der Waals surface area contributed by atoms with Gasteiger partial charge in [-0.1, -0.05) is 69.1 Å². The lowest BCUT2D eigenvalue weighted by molar-refractivity contribution is -0.114. The summed E-state index contributed by atoms with van der Waals surface area (Å²) in [6, 6.07) is 3.53. The van der Waals surface area contributed by atoms with E-state index in [2.05, 4.69) is 39.3 Å². The van der Waals surface area contributed by atoms with Crippen LogP contribution >= 0.6 is 11.6 Å². The highest BCUT2D eigenvalue weighted by Crippen LogP contribution is 2.39. The van der Waals surface area contributed by atoms with Gasteiger partial charge in [0.25, 0.3) is 0 Å². The summed E-state index contributed by atoms with van der Waals surface area (Å²) in [5, 5.41) is 0.161. The molecule has 0 saturated carbocycles. The van der Waals surface area contributed by atoms with E-state index in [1.165, 1.54) is 6.08 Å². The summed E-state index contributed by atoms with van der Waals surface area (Å²) in [6.45, 7) is 16.5. The van der Waals surface area contributed by atoms with E-state index < -0.39 is 22.1 Å². The molecule has 0 bridgehead atoms. The topological polar surface area (TPSA) is 80.3 Å². The molecule has 0 unspecified atom stereocenters. The molecule has 7 nitrogen and oxygen atoms in total. The van der Waals surface area contributed by atoms with E-state index in [9.17, 15) is 9.59 Å². The molecule has 224 valence electrons. The first-order valence-corrected chi connectivity index (χ1v) is 21.9. The minimum atomic E-state index is -1.28. The summed E-state index contributed by atoms with van der Waals surface area (Å²) >= 11 is 6.79. The number of ketones is 1. The molecule has 40 heavy (non-hydrogen) atoms. The van der Waals surface area contributed by atoms with Crippen molar-refractivity contribution < 1.29 is 33.3 Å². The molecular weight excluding hydrogens is 564 g/mol. The molecule has 1 aromatic carbocycles. The number of benzene rings is 1. The predicted octanol–water partition coefficient (Wildman–Crippen LogP) is 7.68. The third-order valence-electron chi connectivity index (χ3n) is 6.18. The highest BCUT2D eigenvalue weighted by atomic mass is 35.5. The Bertz CT molecular complexity index is 1040. The van der Waals surface area contributed by atoms with Crippen molar-refractivity contribution in [1.82, 2.24) is 0 Å². The Hall–Kier alpha value is -1.92. The molecule has 1 atom stereocenters. The predicted molar refractivity (Wildman–Crippen MR) is 166 cm³/mol. The molecule has 0 saturated heterocycles. The van der Waals surface area contributed by atoms with Gasteiger partial charge >= 0.3 is 5.97 Å². The van der Waals surface area contributed by atoms with Crippen molar-refractivity contribution in [3.05, 3.63) is 46.5 Å². The van der Waals surface area contributed by atoms with Gasteiger partial charge in [0.2, 0.25) is 0 Å². The number of fused-ring (bicyclic) bond motifs is 1. The number of hydrogen-bond donors (Lipinski definition) is 0. The number of ether oxygens (including phenoxy) is 5. The largest absolute Gasteiger partial charge is 0.466 e. The Balaban J connectivity index is 2.40. The zero-order valence-corrected chi connectivity index (χ0v) is 28.0. The molecule has 2 rings (SSSR count). The molecule has 0 aromatic heterocycles. The SMILES string of the molecule is C[C@@H]1CC=CCCC=CC(=O)Cc2c(Cl)c(OCOCC[Si](C)(C)C)cc(OCOCC[Si](C)(C)C)c2C(=O)O1. The Morgan fingerprint density at radius 1 is 0.875 bits per heavy atom. The molecule has 0 N–H and O–H groups in total. The van der Waals surface area contributed by atoms with Crippen LogP contribution in [0.4, 0.5) is 0 Å². The summed E-state index contributed by atoms with van der Waals surface area (Å²) in [7, 11) is -2.53. The van der Waals surface area contributed by atoms with E-state index in [1.54, 1.807) is 6.07 Å². The lowest BCUT2D eigenvalue weighted by atomic mass is 9.99. The fourth-order valence-electron chi connectivity index (χ4n) is 3.69. The monoisotopic (exact) mass is 610 g/mol. The van der Waals surface area contributed by atoms with Gasteiger partial charge in [-0.05, 0) is 37.9 Å². The van der Waals surface area contributed by atoms with Crippen LogP contribution in [0, 0.1) is 0 Å². The van der Waals surface area contributed by atoms with Gasteiger partial charge in [-0.25, -0.2) is 4.79 Å². The first kappa shape index (κ1) is 34.3. The van der Waals surface area contributed by atoms with E-state index in [0.29, 0.717) is 25.2 Å². The molecule has 1 aliphatic heterocycles. The number of halogens is 1. The Kier molecular flexibility index (Phi) is 14.1. The molecule has 0 amide bonds. The average Bonchev–Trinajstić information content (AvgIpc) is 2.83. The first-order valence-electron chi connectivity index (χ1n) is 14.1. The van der Waals surface area contributed by atoms with E-state index in [0.717, 1.165) is 24.9 Å². The lowest BCUT2D eigenvalue weighted by Gasteiger charge is -2.21. The van der Waals surface area contributed by atoms with Gasteiger partial charge in [0, 0.05) is 53.8 Å². The van der Waals surface area contributed by atoms with Crippen LogP contribution in [0.5, 0.6) is 11.5 Å². The van der Waals surface area contributed by atoms with Gasteiger partial charge in [0.1, 0.15) is 23.2 Å². The van der Waals surface area contributed by atoms with Crippen molar-refractivity contribution in [2.24, 2.45) is 0 Å². The van der Waals surface area contributed by atoms with Crippen molar-refractivity contribution in [3.63, 3.8) is 0 Å². The maximum atomic E-state index is 13.5. The molecular formula is C30H47ClO7Si2. The van der Waals surface area contributed by atoms with Crippen LogP contribution in [-0.2, 0) is 25.4 Å². The molecule has 1 aromatic rings. The third kappa shape index (κ3) is 13.2. The van der Waals surface area contributed by atoms with Gasteiger partial charge in [0.15, 0.2) is 19.4 Å². The number of carbonyl (C=O) groups is 2. The number of hydrogen-bond acceptors (Lipinski definition) is 7. The van der Waals surface area contributed by atoms with Crippen molar-refractivity contribution in [1.29, 1.82) is 0 Å². The van der Waals surface area contributed by atoms with Crippen LogP contribution in [-0.4, -0.2) is 60.8 Å². The molecule has 0 radical (unpaired) electrons. The van der Waals surface area contributed by atoms with Crippen LogP contribution in [0.2, 0.25) is 56.4 Å². The molecule has 0 spiro atoms. The lowest BCUT2D eigenvalue weighted by Crippen LogP contribution is -2.23. The van der Waals surface area contributed by atoms with Gasteiger partial charge in [-0.2, -0.15) is 0 Å². The van der Waals surface area contributed by atoms with Gasteiger partial charge in [-0.3, -0.25) is 4.79 Å². The van der Waals surface area contributed by atoms with Gasteiger partial charge in [-0.15, -0.1) is 0 Å². The zero-order chi connectivity index (χ0) is 29.8. The fourth-order valence-corrected chi connectivity index (χ4v) is 5.47. The van der Waals surface area contributed by atoms with Crippen LogP contribution in [0.15, 0.2) is 30.4 Å². The summed E-state index contributed by atoms with van der Waals surface area (Å²) in [6.07, 6.45) is 9.00. The minimum Gasteiger partial charge on any atom is -0.466 e. The average molecular weight is 611 g/mol. The van der Waals surface area contributed by atoms with E-state index in [4.69, 9.17) is 35.3 Å². The smallest absolute Gasteiger partial charge is 0.342 e. The highest BCUT2D eigenvalue weighted by Gasteiger charge is 2.28. The Labute approximate surface area is 247 Å². The number of cyclic esters (lactones) is 1. The Morgan fingerprint density at radius 2 is 1.45 bits per heavy atom. The Morgan fingerprint density at radius 3 is 2.05 bits per heavy atom. The normalized spacial score (nSPS) is 17.2. The molecule has 10 heteroatoms. The van der Waals surface area contributed by atoms with Crippen molar-refractivity contribution in [2.75, 3.05) is 26.8 Å². The van der Waals surface area contributed by atoms with Crippen molar-refractivity contribution >= 4 is 39.5 Å². The van der Waals surface area contributed by atoms with Gasteiger partial charge < -0.3 is 23.7 Å². The number of carbonyl (C=O) groups excluding carboxylic acids is 2. The second-order valence-corrected chi connectivity index (χ2v) is 24.2. The maximum absolute atomic E-state index is 13.5. The summed E-state index contributed by atoms with van der Waals surface area (Å²) in [4.78, 5) is 26.4.